The van der Waals surface area contributed by atoms with Gasteiger partial charge in [0.2, 0.25) is 0 Å². The number of benzene rings is 2. The zero-order valence-electron chi connectivity index (χ0n) is 21.4. The summed E-state index contributed by atoms with van der Waals surface area (Å²) in [5, 5.41) is 8.61. The van der Waals surface area contributed by atoms with Crippen LogP contribution < -0.4 is 10.6 Å². The Morgan fingerprint density at radius 2 is 1.78 bits per heavy atom. The van der Waals surface area contributed by atoms with Crippen LogP contribution in [0.4, 0.5) is 5.69 Å². The lowest BCUT2D eigenvalue weighted by atomic mass is 9.96. The summed E-state index contributed by atoms with van der Waals surface area (Å²) in [6.07, 6.45) is 2.80. The third kappa shape index (κ3) is 5.22. The number of nitrogens with one attached hydrogen (secondary N) is 2. The number of rotatable bonds is 8. The molecular formula is C30H32ClN5S. The van der Waals surface area contributed by atoms with Gasteiger partial charge >= 0.3 is 0 Å². The zero-order valence-corrected chi connectivity index (χ0v) is 23.0. The number of hydrogen-bond donors (Lipinski definition) is 2. The van der Waals surface area contributed by atoms with E-state index in [4.69, 9.17) is 28.8 Å². The molecule has 1 aliphatic heterocycles. The highest BCUT2D eigenvalue weighted by atomic mass is 35.5. The summed E-state index contributed by atoms with van der Waals surface area (Å²) >= 11 is 12.3. The van der Waals surface area contributed by atoms with Crippen LogP contribution in [0.15, 0.2) is 79.0 Å². The Hall–Kier alpha value is -3.35. The number of pyridine rings is 1. The van der Waals surface area contributed by atoms with E-state index in [0.717, 1.165) is 46.7 Å². The van der Waals surface area contributed by atoms with Gasteiger partial charge in [-0.15, -0.1) is 0 Å². The molecule has 0 saturated carbocycles. The second-order valence-electron chi connectivity index (χ2n) is 9.56. The number of aryl methyl sites for hydroxylation is 2. The third-order valence-corrected chi connectivity index (χ3v) is 7.66. The van der Waals surface area contributed by atoms with Crippen molar-refractivity contribution in [3.05, 3.63) is 112 Å². The SMILES string of the molecule is Cc1ccc(Cl)cc1-n1c(C)cc([C@H]2[C@H](c3ccccn3)NC(=S)N2CCCNc2ccccc2)c1C. The van der Waals surface area contributed by atoms with Crippen LogP contribution in [0, 0.1) is 20.8 Å². The van der Waals surface area contributed by atoms with Crippen LogP contribution in [0.1, 0.15) is 46.7 Å². The first-order valence-corrected chi connectivity index (χ1v) is 13.4. The first-order valence-electron chi connectivity index (χ1n) is 12.7. The molecule has 5 nitrogen and oxygen atoms in total. The first-order chi connectivity index (χ1) is 17.9. The molecule has 1 fully saturated rings. The Bertz CT molecular complexity index is 1390. The Morgan fingerprint density at radius 3 is 2.54 bits per heavy atom. The molecule has 2 aromatic heterocycles. The van der Waals surface area contributed by atoms with Gasteiger partial charge in [-0.3, -0.25) is 4.98 Å². The molecule has 37 heavy (non-hydrogen) atoms. The van der Waals surface area contributed by atoms with Crippen LogP contribution in [-0.4, -0.2) is 32.7 Å². The molecule has 190 valence electrons. The van der Waals surface area contributed by atoms with E-state index >= 15 is 0 Å². The largest absolute Gasteiger partial charge is 0.385 e. The van der Waals surface area contributed by atoms with E-state index in [0.29, 0.717) is 0 Å². The van der Waals surface area contributed by atoms with Crippen molar-refractivity contribution >= 4 is 34.6 Å². The van der Waals surface area contributed by atoms with Crippen LogP contribution in [0.25, 0.3) is 5.69 Å². The predicted octanol–water partition coefficient (Wildman–Crippen LogP) is 6.93. The van der Waals surface area contributed by atoms with E-state index in [2.05, 4.69) is 71.2 Å². The molecule has 0 unspecified atom stereocenters. The fraction of sp³-hybridized carbons (Fsp3) is 0.267. The van der Waals surface area contributed by atoms with Gasteiger partial charge in [0.1, 0.15) is 0 Å². The minimum Gasteiger partial charge on any atom is -0.385 e. The van der Waals surface area contributed by atoms with Gasteiger partial charge in [0.25, 0.3) is 0 Å². The molecule has 0 radical (unpaired) electrons. The van der Waals surface area contributed by atoms with E-state index in [1.165, 1.54) is 22.5 Å². The van der Waals surface area contributed by atoms with Crippen LogP contribution >= 0.6 is 23.8 Å². The van der Waals surface area contributed by atoms with E-state index in [1.54, 1.807) is 0 Å². The summed E-state index contributed by atoms with van der Waals surface area (Å²) in [5.74, 6) is 0. The summed E-state index contributed by atoms with van der Waals surface area (Å²) in [4.78, 5) is 7.03. The molecule has 0 amide bonds. The second kappa shape index (κ2) is 11.0. The van der Waals surface area contributed by atoms with Gasteiger partial charge in [-0.1, -0.05) is 41.9 Å². The molecule has 0 aliphatic carbocycles. The number of anilines is 1. The van der Waals surface area contributed by atoms with Crippen molar-refractivity contribution in [2.45, 2.75) is 39.3 Å². The average Bonchev–Trinajstić information content (AvgIpc) is 3.39. The van der Waals surface area contributed by atoms with E-state index in [1.807, 2.05) is 48.7 Å². The number of para-hydroxylation sites is 1. The fourth-order valence-corrected chi connectivity index (χ4v) is 5.80. The van der Waals surface area contributed by atoms with E-state index < -0.39 is 0 Å². The number of halogens is 1. The lowest BCUT2D eigenvalue weighted by Crippen LogP contribution is -2.31. The Labute approximate surface area is 229 Å². The molecule has 0 bridgehead atoms. The molecular weight excluding hydrogens is 498 g/mol. The van der Waals surface area contributed by atoms with Crippen molar-refractivity contribution in [3.8, 4) is 5.69 Å². The molecule has 2 aromatic carbocycles. The number of aromatic nitrogens is 2. The maximum Gasteiger partial charge on any atom is 0.170 e. The van der Waals surface area contributed by atoms with Crippen molar-refractivity contribution in [2.75, 3.05) is 18.4 Å². The molecule has 1 saturated heterocycles. The molecule has 7 heteroatoms. The molecule has 4 aromatic rings. The van der Waals surface area contributed by atoms with E-state index in [-0.39, 0.29) is 12.1 Å². The quantitative estimate of drug-likeness (QED) is 0.191. The normalized spacial score (nSPS) is 17.2. The van der Waals surface area contributed by atoms with Crippen LogP contribution in [0.5, 0.6) is 0 Å². The highest BCUT2D eigenvalue weighted by Gasteiger charge is 2.41. The highest BCUT2D eigenvalue weighted by molar-refractivity contribution is 7.80. The molecule has 3 heterocycles. The van der Waals surface area contributed by atoms with Gasteiger partial charge in [0.05, 0.1) is 17.8 Å². The summed E-state index contributed by atoms with van der Waals surface area (Å²) in [5.41, 5.74) is 8.01. The fourth-order valence-electron chi connectivity index (χ4n) is 5.30. The van der Waals surface area contributed by atoms with Gasteiger partial charge in [-0.25, -0.2) is 0 Å². The Morgan fingerprint density at radius 1 is 1.00 bits per heavy atom. The van der Waals surface area contributed by atoms with E-state index in [9.17, 15) is 0 Å². The molecule has 0 spiro atoms. The Balaban J connectivity index is 1.48. The second-order valence-corrected chi connectivity index (χ2v) is 10.4. The highest BCUT2D eigenvalue weighted by Crippen LogP contribution is 2.41. The maximum absolute atomic E-state index is 6.40. The molecule has 5 rings (SSSR count). The minimum atomic E-state index is -0.0369. The predicted molar refractivity (Wildman–Crippen MR) is 157 cm³/mol. The number of nitrogens with zero attached hydrogens (tertiary/aromatic N) is 3. The lowest BCUT2D eigenvalue weighted by molar-refractivity contribution is 0.315. The van der Waals surface area contributed by atoms with Gasteiger partial charge in [0.15, 0.2) is 5.11 Å². The van der Waals surface area contributed by atoms with Gasteiger partial charge in [-0.2, -0.15) is 0 Å². The molecule has 2 atom stereocenters. The lowest BCUT2D eigenvalue weighted by Gasteiger charge is -2.28. The van der Waals surface area contributed by atoms with Crippen molar-refractivity contribution in [1.82, 2.24) is 19.8 Å². The smallest absolute Gasteiger partial charge is 0.170 e. The molecule has 1 aliphatic rings. The molecule has 2 N–H and O–H groups in total. The Kier molecular flexibility index (Phi) is 7.49. The van der Waals surface area contributed by atoms with Gasteiger partial charge in [0, 0.05) is 47.1 Å². The summed E-state index contributed by atoms with van der Waals surface area (Å²) in [6.45, 7) is 8.17. The number of thiocarbonyl (C=S) groups is 1. The topological polar surface area (TPSA) is 45.1 Å². The van der Waals surface area contributed by atoms with Crippen molar-refractivity contribution in [3.63, 3.8) is 0 Å². The standard InChI is InChI=1S/C30H32ClN5S/c1-20-13-14-23(31)19-27(20)36-21(2)18-25(22(36)3)29-28(26-12-7-8-15-33-26)34-30(37)35(29)17-9-16-32-24-10-5-4-6-11-24/h4-8,10-15,18-19,28-29,32H,9,16-17H2,1-3H3,(H,34,37)/t28-,29-/m0/s1. The van der Waals surface area contributed by atoms with Gasteiger partial charge < -0.3 is 20.1 Å². The van der Waals surface area contributed by atoms with Crippen LogP contribution in [0.3, 0.4) is 0 Å². The maximum atomic E-state index is 6.40. The zero-order chi connectivity index (χ0) is 25.9. The minimum absolute atomic E-state index is 0.0264. The van der Waals surface area contributed by atoms with Crippen molar-refractivity contribution in [1.29, 1.82) is 0 Å². The van der Waals surface area contributed by atoms with Crippen LogP contribution in [0.2, 0.25) is 5.02 Å². The van der Waals surface area contributed by atoms with Crippen LogP contribution in [-0.2, 0) is 0 Å². The summed E-state index contributed by atoms with van der Waals surface area (Å²) in [6, 6.07) is 24.7. The van der Waals surface area contributed by atoms with Crippen molar-refractivity contribution < 1.29 is 0 Å². The summed E-state index contributed by atoms with van der Waals surface area (Å²) < 4.78 is 2.31. The monoisotopic (exact) mass is 529 g/mol. The first kappa shape index (κ1) is 25.3. The van der Waals surface area contributed by atoms with Gasteiger partial charge in [-0.05, 0) is 93.0 Å². The van der Waals surface area contributed by atoms with Crippen molar-refractivity contribution in [2.24, 2.45) is 0 Å². The third-order valence-electron chi connectivity index (χ3n) is 7.08. The average molecular weight is 530 g/mol. The number of hydrogen-bond acceptors (Lipinski definition) is 3. The summed E-state index contributed by atoms with van der Waals surface area (Å²) in [7, 11) is 0.